The largest absolute Gasteiger partial charge is 0.416 e. The highest BCUT2D eigenvalue weighted by atomic mass is 19.4. The molecule has 1 rings (SSSR count). The van der Waals surface area contributed by atoms with E-state index in [2.05, 4.69) is 5.32 Å². The fourth-order valence-corrected chi connectivity index (χ4v) is 1.68. The Morgan fingerprint density at radius 1 is 1.30 bits per heavy atom. The molecule has 0 spiro atoms. The Morgan fingerprint density at radius 2 is 1.85 bits per heavy atom. The smallest absolute Gasteiger partial charge is 0.368 e. The van der Waals surface area contributed by atoms with Crippen LogP contribution in [-0.4, -0.2) is 38.0 Å². The molecule has 1 amide bonds. The SMILES string of the molecule is CN(C)CCNC(C(N)=O)c1ccc(C(F)(F)F)cc1. The summed E-state index contributed by atoms with van der Waals surface area (Å²) in [6, 6.07) is 3.62. The molecule has 1 aromatic rings. The summed E-state index contributed by atoms with van der Waals surface area (Å²) in [6.45, 7) is 1.19. The summed E-state index contributed by atoms with van der Waals surface area (Å²) in [7, 11) is 3.75. The van der Waals surface area contributed by atoms with Crippen molar-refractivity contribution in [3.8, 4) is 0 Å². The number of nitrogens with zero attached hydrogens (tertiary/aromatic N) is 1. The number of hydrogen-bond donors (Lipinski definition) is 2. The number of nitrogens with one attached hydrogen (secondary N) is 1. The van der Waals surface area contributed by atoms with Crippen molar-refractivity contribution in [2.24, 2.45) is 5.73 Å². The first-order chi connectivity index (χ1) is 9.21. The summed E-state index contributed by atoms with van der Waals surface area (Å²) >= 11 is 0. The molecular weight excluding hydrogens is 271 g/mol. The van der Waals surface area contributed by atoms with Gasteiger partial charge in [-0.3, -0.25) is 4.79 Å². The fraction of sp³-hybridized carbons (Fsp3) is 0.462. The van der Waals surface area contributed by atoms with Crippen molar-refractivity contribution in [2.45, 2.75) is 12.2 Å². The molecule has 1 atom stereocenters. The van der Waals surface area contributed by atoms with Crippen LogP contribution >= 0.6 is 0 Å². The van der Waals surface area contributed by atoms with Gasteiger partial charge in [0.05, 0.1) is 5.56 Å². The lowest BCUT2D eigenvalue weighted by atomic mass is 10.0. The molecule has 1 unspecified atom stereocenters. The topological polar surface area (TPSA) is 58.4 Å². The van der Waals surface area contributed by atoms with E-state index < -0.39 is 23.7 Å². The monoisotopic (exact) mass is 289 g/mol. The van der Waals surface area contributed by atoms with Crippen molar-refractivity contribution < 1.29 is 18.0 Å². The lowest BCUT2D eigenvalue weighted by Gasteiger charge is -2.18. The molecular formula is C13H18F3N3O. The maximum Gasteiger partial charge on any atom is 0.416 e. The summed E-state index contributed by atoms with van der Waals surface area (Å²) in [4.78, 5) is 13.3. The normalized spacial score (nSPS) is 13.5. The summed E-state index contributed by atoms with van der Waals surface area (Å²) in [5.41, 5.74) is 4.94. The van der Waals surface area contributed by atoms with Gasteiger partial charge in [0.25, 0.3) is 0 Å². The Hall–Kier alpha value is -1.60. The Morgan fingerprint density at radius 3 is 2.25 bits per heavy atom. The highest BCUT2D eigenvalue weighted by molar-refractivity contribution is 5.81. The van der Waals surface area contributed by atoms with Crippen LogP contribution in [0.2, 0.25) is 0 Å². The third kappa shape index (κ3) is 4.82. The predicted octanol–water partition coefficient (Wildman–Crippen LogP) is 1.38. The van der Waals surface area contributed by atoms with Gasteiger partial charge >= 0.3 is 6.18 Å². The molecule has 20 heavy (non-hydrogen) atoms. The first-order valence-corrected chi connectivity index (χ1v) is 6.06. The van der Waals surface area contributed by atoms with Crippen molar-refractivity contribution in [3.05, 3.63) is 35.4 Å². The van der Waals surface area contributed by atoms with Crippen LogP contribution in [0.1, 0.15) is 17.2 Å². The van der Waals surface area contributed by atoms with Gasteiger partial charge in [-0.25, -0.2) is 0 Å². The van der Waals surface area contributed by atoms with Crippen LogP contribution < -0.4 is 11.1 Å². The second-order valence-electron chi connectivity index (χ2n) is 4.71. The minimum Gasteiger partial charge on any atom is -0.368 e. The molecule has 0 bridgehead atoms. The molecule has 0 aliphatic carbocycles. The molecule has 3 N–H and O–H groups in total. The number of likely N-dealkylation sites (N-methyl/N-ethyl adjacent to an activating group) is 1. The van der Waals surface area contributed by atoms with Crippen molar-refractivity contribution in [1.82, 2.24) is 10.2 Å². The van der Waals surface area contributed by atoms with E-state index in [4.69, 9.17) is 5.73 Å². The number of carbonyl (C=O) groups excluding carboxylic acids is 1. The lowest BCUT2D eigenvalue weighted by Crippen LogP contribution is -2.37. The van der Waals surface area contributed by atoms with Crippen LogP contribution in [0.3, 0.4) is 0 Å². The lowest BCUT2D eigenvalue weighted by molar-refractivity contribution is -0.137. The standard InChI is InChI=1S/C13H18F3N3O/c1-19(2)8-7-18-11(12(17)20)9-3-5-10(6-4-9)13(14,15)16/h3-6,11,18H,7-8H2,1-2H3,(H2,17,20). The number of rotatable bonds is 6. The molecule has 0 aromatic heterocycles. The third-order valence-electron chi connectivity index (χ3n) is 2.76. The van der Waals surface area contributed by atoms with Crippen molar-refractivity contribution >= 4 is 5.91 Å². The zero-order valence-electron chi connectivity index (χ0n) is 11.4. The Kier molecular flexibility index (Phi) is 5.52. The second kappa shape index (κ2) is 6.71. The minimum absolute atomic E-state index is 0.421. The maximum atomic E-state index is 12.5. The zero-order valence-corrected chi connectivity index (χ0v) is 11.4. The van der Waals surface area contributed by atoms with Gasteiger partial charge in [-0.15, -0.1) is 0 Å². The molecule has 0 saturated carbocycles. The minimum atomic E-state index is -4.39. The Bertz CT molecular complexity index is 443. The quantitative estimate of drug-likeness (QED) is 0.832. The number of carbonyl (C=O) groups is 1. The average Bonchev–Trinajstić information content (AvgIpc) is 2.33. The molecule has 0 aliphatic rings. The highest BCUT2D eigenvalue weighted by Gasteiger charge is 2.30. The van der Waals surface area contributed by atoms with E-state index in [0.29, 0.717) is 18.7 Å². The number of primary amides is 1. The highest BCUT2D eigenvalue weighted by Crippen LogP contribution is 2.29. The van der Waals surface area contributed by atoms with Crippen LogP contribution in [0.4, 0.5) is 13.2 Å². The van der Waals surface area contributed by atoms with Crippen LogP contribution in [0.5, 0.6) is 0 Å². The molecule has 0 heterocycles. The van der Waals surface area contributed by atoms with Crippen LogP contribution in [-0.2, 0) is 11.0 Å². The van der Waals surface area contributed by atoms with Crippen molar-refractivity contribution in [3.63, 3.8) is 0 Å². The average molecular weight is 289 g/mol. The van der Waals surface area contributed by atoms with Gasteiger partial charge in [0, 0.05) is 13.1 Å². The van der Waals surface area contributed by atoms with E-state index in [-0.39, 0.29) is 0 Å². The van der Waals surface area contributed by atoms with E-state index >= 15 is 0 Å². The zero-order chi connectivity index (χ0) is 15.3. The summed E-state index contributed by atoms with van der Waals surface area (Å²) in [6.07, 6.45) is -4.39. The number of halogens is 3. The van der Waals surface area contributed by atoms with Crippen LogP contribution in [0.15, 0.2) is 24.3 Å². The van der Waals surface area contributed by atoms with Gasteiger partial charge in [-0.2, -0.15) is 13.2 Å². The summed E-state index contributed by atoms with van der Waals surface area (Å²) in [5.74, 6) is -0.622. The number of nitrogens with two attached hydrogens (primary N) is 1. The van der Waals surface area contributed by atoms with Crippen molar-refractivity contribution in [1.29, 1.82) is 0 Å². The van der Waals surface area contributed by atoms with Crippen molar-refractivity contribution in [2.75, 3.05) is 27.2 Å². The molecule has 0 fully saturated rings. The third-order valence-corrected chi connectivity index (χ3v) is 2.76. The van der Waals surface area contributed by atoms with Crippen LogP contribution in [0.25, 0.3) is 0 Å². The van der Waals surface area contributed by atoms with E-state index in [0.717, 1.165) is 12.1 Å². The van der Waals surface area contributed by atoms with E-state index in [1.54, 1.807) is 0 Å². The summed E-state index contributed by atoms with van der Waals surface area (Å²) < 4.78 is 37.4. The second-order valence-corrected chi connectivity index (χ2v) is 4.71. The van der Waals surface area contributed by atoms with Gasteiger partial charge < -0.3 is 16.0 Å². The van der Waals surface area contributed by atoms with Gasteiger partial charge in [0.15, 0.2) is 0 Å². The van der Waals surface area contributed by atoms with Gasteiger partial charge in [-0.05, 0) is 31.8 Å². The molecule has 7 heteroatoms. The molecule has 1 aromatic carbocycles. The number of amides is 1. The number of benzene rings is 1. The molecule has 112 valence electrons. The van der Waals surface area contributed by atoms with E-state index in [1.165, 1.54) is 12.1 Å². The van der Waals surface area contributed by atoms with E-state index in [1.807, 2.05) is 19.0 Å². The number of alkyl halides is 3. The molecule has 0 saturated heterocycles. The van der Waals surface area contributed by atoms with Gasteiger partial charge in [0.2, 0.25) is 5.91 Å². The molecule has 0 radical (unpaired) electrons. The number of hydrogen-bond acceptors (Lipinski definition) is 3. The van der Waals surface area contributed by atoms with Gasteiger partial charge in [-0.1, -0.05) is 12.1 Å². The summed E-state index contributed by atoms with van der Waals surface area (Å²) in [5, 5.41) is 2.93. The van der Waals surface area contributed by atoms with Gasteiger partial charge in [0.1, 0.15) is 6.04 Å². The first-order valence-electron chi connectivity index (χ1n) is 6.06. The van der Waals surface area contributed by atoms with Crippen LogP contribution in [0, 0.1) is 0 Å². The first kappa shape index (κ1) is 16.5. The Balaban J connectivity index is 2.80. The van der Waals surface area contributed by atoms with E-state index in [9.17, 15) is 18.0 Å². The fourth-order valence-electron chi connectivity index (χ4n) is 1.68. The molecule has 0 aliphatic heterocycles. The molecule has 4 nitrogen and oxygen atoms in total. The predicted molar refractivity (Wildman–Crippen MR) is 69.9 cm³/mol. The Labute approximate surface area is 115 Å². The maximum absolute atomic E-state index is 12.5.